The van der Waals surface area contributed by atoms with E-state index in [4.69, 9.17) is 0 Å². The van der Waals surface area contributed by atoms with E-state index in [0.29, 0.717) is 0 Å². The van der Waals surface area contributed by atoms with Crippen LogP contribution in [0.15, 0.2) is 40.9 Å². The standard InChI is InChI=1S/C26H31Br3O/c27-15-7-3-1-5-13-26(14-6-2-4-8-16-28)24-17-20(19-30)9-11-22(24)23-12-10-21(29)18-25(23)26/h9-12,17-19H,1-8,13-16H2. The quantitative estimate of drug-likeness (QED) is 0.128. The molecule has 0 spiro atoms. The first kappa shape index (κ1) is 24.2. The molecule has 0 aliphatic heterocycles. The molecule has 162 valence electrons. The number of hydrogen-bond acceptors (Lipinski definition) is 1. The Bertz CT molecular complexity index is 832. The lowest BCUT2D eigenvalue weighted by atomic mass is 9.70. The highest BCUT2D eigenvalue weighted by atomic mass is 79.9. The number of aldehydes is 1. The van der Waals surface area contributed by atoms with Crippen LogP contribution in [0.4, 0.5) is 0 Å². The van der Waals surface area contributed by atoms with Crippen molar-refractivity contribution in [3.05, 3.63) is 57.6 Å². The first-order valence-electron chi connectivity index (χ1n) is 11.2. The predicted molar refractivity (Wildman–Crippen MR) is 140 cm³/mol. The van der Waals surface area contributed by atoms with Crippen molar-refractivity contribution in [1.29, 1.82) is 0 Å². The molecular weight excluding hydrogens is 568 g/mol. The second-order valence-corrected chi connectivity index (χ2v) is 10.9. The minimum absolute atomic E-state index is 0.0241. The molecule has 30 heavy (non-hydrogen) atoms. The molecule has 0 N–H and O–H groups in total. The normalized spacial score (nSPS) is 13.8. The second kappa shape index (κ2) is 12.0. The van der Waals surface area contributed by atoms with Gasteiger partial charge in [-0.15, -0.1) is 0 Å². The van der Waals surface area contributed by atoms with Gasteiger partial charge in [0.15, 0.2) is 0 Å². The van der Waals surface area contributed by atoms with E-state index < -0.39 is 0 Å². The zero-order valence-corrected chi connectivity index (χ0v) is 22.3. The molecule has 0 heterocycles. The number of unbranched alkanes of at least 4 members (excludes halogenated alkanes) is 6. The average Bonchev–Trinajstić information content (AvgIpc) is 3.02. The molecule has 0 saturated carbocycles. The Morgan fingerprint density at radius 1 is 0.700 bits per heavy atom. The fourth-order valence-electron chi connectivity index (χ4n) is 4.97. The van der Waals surface area contributed by atoms with Crippen LogP contribution < -0.4 is 0 Å². The smallest absolute Gasteiger partial charge is 0.150 e. The van der Waals surface area contributed by atoms with Crippen molar-refractivity contribution in [1.82, 2.24) is 0 Å². The summed E-state index contributed by atoms with van der Waals surface area (Å²) in [5, 5.41) is 2.18. The average molecular weight is 599 g/mol. The fraction of sp³-hybridized carbons (Fsp3) is 0.500. The van der Waals surface area contributed by atoms with E-state index >= 15 is 0 Å². The van der Waals surface area contributed by atoms with Crippen LogP contribution in [0.2, 0.25) is 0 Å². The molecular formula is C26H31Br3O. The highest BCUT2D eigenvalue weighted by Gasteiger charge is 2.42. The number of alkyl halides is 2. The van der Waals surface area contributed by atoms with E-state index in [1.165, 1.54) is 73.6 Å². The van der Waals surface area contributed by atoms with Crippen molar-refractivity contribution in [2.24, 2.45) is 0 Å². The van der Waals surface area contributed by atoms with Crippen LogP contribution in [-0.2, 0) is 5.41 Å². The maximum atomic E-state index is 11.6. The van der Waals surface area contributed by atoms with Crippen LogP contribution in [0.5, 0.6) is 0 Å². The summed E-state index contributed by atoms with van der Waals surface area (Å²) in [5.74, 6) is 0. The summed E-state index contributed by atoms with van der Waals surface area (Å²) >= 11 is 10.8. The van der Waals surface area contributed by atoms with Crippen molar-refractivity contribution < 1.29 is 4.79 Å². The zero-order valence-electron chi connectivity index (χ0n) is 17.6. The molecule has 0 bridgehead atoms. The van der Waals surface area contributed by atoms with Crippen LogP contribution in [0.3, 0.4) is 0 Å². The molecule has 1 nitrogen and oxygen atoms in total. The zero-order chi connectivity index (χ0) is 21.4. The molecule has 4 heteroatoms. The molecule has 0 atom stereocenters. The van der Waals surface area contributed by atoms with Crippen molar-refractivity contribution >= 4 is 54.1 Å². The maximum absolute atomic E-state index is 11.6. The molecule has 0 unspecified atom stereocenters. The first-order chi connectivity index (χ1) is 14.7. The van der Waals surface area contributed by atoms with E-state index in [-0.39, 0.29) is 5.41 Å². The van der Waals surface area contributed by atoms with E-state index in [0.717, 1.165) is 39.8 Å². The van der Waals surface area contributed by atoms with Crippen LogP contribution in [0.25, 0.3) is 11.1 Å². The summed E-state index contributed by atoms with van der Waals surface area (Å²) in [6, 6.07) is 13.1. The number of carbonyl (C=O) groups excluding carboxylic acids is 1. The summed E-state index contributed by atoms with van der Waals surface area (Å²) in [6.45, 7) is 0. The number of benzene rings is 2. The SMILES string of the molecule is O=Cc1ccc2c(c1)C(CCCCCCBr)(CCCCCCBr)c1cc(Br)ccc1-2. The largest absolute Gasteiger partial charge is 0.298 e. The molecule has 0 aromatic heterocycles. The fourth-order valence-corrected chi connectivity index (χ4v) is 6.13. The van der Waals surface area contributed by atoms with Crippen LogP contribution in [0.1, 0.15) is 85.7 Å². The van der Waals surface area contributed by atoms with Crippen molar-refractivity contribution in [3.63, 3.8) is 0 Å². The molecule has 1 aliphatic rings. The maximum Gasteiger partial charge on any atom is 0.150 e. The van der Waals surface area contributed by atoms with Crippen LogP contribution in [-0.4, -0.2) is 16.9 Å². The summed E-state index contributed by atoms with van der Waals surface area (Å²) in [4.78, 5) is 11.6. The summed E-state index contributed by atoms with van der Waals surface area (Å²) in [7, 11) is 0. The van der Waals surface area contributed by atoms with Gasteiger partial charge in [0.05, 0.1) is 0 Å². The highest BCUT2D eigenvalue weighted by Crippen LogP contribution is 2.54. The lowest BCUT2D eigenvalue weighted by Gasteiger charge is -2.33. The number of hydrogen-bond donors (Lipinski definition) is 0. The van der Waals surface area contributed by atoms with E-state index in [1.807, 2.05) is 6.07 Å². The minimum Gasteiger partial charge on any atom is -0.298 e. The van der Waals surface area contributed by atoms with Crippen molar-refractivity contribution in [2.75, 3.05) is 10.7 Å². The van der Waals surface area contributed by atoms with Gasteiger partial charge in [-0.05, 0) is 66.1 Å². The lowest BCUT2D eigenvalue weighted by Crippen LogP contribution is -2.25. The monoisotopic (exact) mass is 596 g/mol. The summed E-state index contributed by atoms with van der Waals surface area (Å²) in [6.07, 6.45) is 13.3. The van der Waals surface area contributed by atoms with Gasteiger partial charge >= 0.3 is 0 Å². The Morgan fingerprint density at radius 2 is 1.23 bits per heavy atom. The van der Waals surface area contributed by atoms with Crippen molar-refractivity contribution in [3.8, 4) is 11.1 Å². The molecule has 0 amide bonds. The number of halogens is 3. The van der Waals surface area contributed by atoms with Gasteiger partial charge in [-0.2, -0.15) is 0 Å². The molecule has 2 aromatic rings. The van der Waals surface area contributed by atoms with Gasteiger partial charge in [-0.3, -0.25) is 4.79 Å². The Morgan fingerprint density at radius 3 is 1.80 bits per heavy atom. The Balaban J connectivity index is 1.97. The van der Waals surface area contributed by atoms with Crippen LogP contribution >= 0.6 is 47.8 Å². The number of carbonyl (C=O) groups is 1. The van der Waals surface area contributed by atoms with Crippen molar-refractivity contribution in [2.45, 2.75) is 69.6 Å². The predicted octanol–water partition coefficient (Wildman–Crippen LogP) is 9.22. The molecule has 0 saturated heterocycles. The Kier molecular flexibility index (Phi) is 9.65. The minimum atomic E-state index is 0.0241. The van der Waals surface area contributed by atoms with E-state index in [1.54, 1.807) is 0 Å². The second-order valence-electron chi connectivity index (χ2n) is 8.40. The number of rotatable bonds is 13. The van der Waals surface area contributed by atoms with E-state index in [2.05, 4.69) is 78.1 Å². The summed E-state index contributed by atoms with van der Waals surface area (Å²) in [5.41, 5.74) is 6.33. The molecule has 0 fully saturated rings. The highest BCUT2D eigenvalue weighted by molar-refractivity contribution is 9.10. The molecule has 3 rings (SSSR count). The van der Waals surface area contributed by atoms with Gasteiger partial charge < -0.3 is 0 Å². The Hall–Kier alpha value is -0.450. The molecule has 1 aliphatic carbocycles. The summed E-state index contributed by atoms with van der Waals surface area (Å²) < 4.78 is 1.15. The van der Waals surface area contributed by atoms with E-state index in [9.17, 15) is 4.79 Å². The van der Waals surface area contributed by atoms with Gasteiger partial charge in [-0.1, -0.05) is 105 Å². The molecule has 0 radical (unpaired) electrons. The third-order valence-electron chi connectivity index (χ3n) is 6.46. The molecule has 2 aromatic carbocycles. The first-order valence-corrected chi connectivity index (χ1v) is 14.2. The van der Waals surface area contributed by atoms with Crippen LogP contribution in [0, 0.1) is 0 Å². The van der Waals surface area contributed by atoms with Gasteiger partial charge in [-0.25, -0.2) is 0 Å². The lowest BCUT2D eigenvalue weighted by molar-refractivity contribution is 0.112. The van der Waals surface area contributed by atoms with Gasteiger partial charge in [0.1, 0.15) is 6.29 Å². The van der Waals surface area contributed by atoms with Gasteiger partial charge in [0.2, 0.25) is 0 Å². The van der Waals surface area contributed by atoms with Gasteiger partial charge in [0.25, 0.3) is 0 Å². The third kappa shape index (κ3) is 5.48. The Labute approximate surface area is 206 Å². The number of fused-ring (bicyclic) bond motifs is 3. The third-order valence-corrected chi connectivity index (χ3v) is 8.07. The van der Waals surface area contributed by atoms with Gasteiger partial charge in [0, 0.05) is 26.1 Å². The topological polar surface area (TPSA) is 17.1 Å².